The highest BCUT2D eigenvalue weighted by Crippen LogP contribution is 2.30. The fourth-order valence-corrected chi connectivity index (χ4v) is 4.69. The number of ketones is 1. The van der Waals surface area contributed by atoms with Crippen molar-refractivity contribution in [1.29, 1.82) is 0 Å². The third kappa shape index (κ3) is 6.11. The van der Waals surface area contributed by atoms with Crippen LogP contribution < -0.4 is 5.32 Å². The lowest BCUT2D eigenvalue weighted by Crippen LogP contribution is -2.50. The number of aromatic nitrogens is 2. The quantitative estimate of drug-likeness (QED) is 0.654. The van der Waals surface area contributed by atoms with Crippen LogP contribution in [0, 0.1) is 5.92 Å². The molecule has 2 fully saturated rings. The molecule has 7 nitrogen and oxygen atoms in total. The van der Waals surface area contributed by atoms with Gasteiger partial charge in [0.15, 0.2) is 0 Å². The highest BCUT2D eigenvalue weighted by Gasteiger charge is 2.42. The molecule has 2 aliphatic rings. The molecule has 1 unspecified atom stereocenters. The molecule has 1 saturated carbocycles. The SMILES string of the molecule is CC(C)(CC1CCCCC1)NCC(=O)N1C[C@@H](F)CC1C(=O)c1noc(C(C)(C)C)n1. The van der Waals surface area contributed by atoms with Gasteiger partial charge in [-0.1, -0.05) is 58.0 Å². The third-order valence-corrected chi connectivity index (χ3v) is 6.40. The van der Waals surface area contributed by atoms with E-state index in [-0.39, 0.29) is 36.8 Å². The molecule has 1 aliphatic carbocycles. The lowest BCUT2D eigenvalue weighted by Gasteiger charge is -2.33. The molecule has 0 radical (unpaired) electrons. The molecule has 31 heavy (non-hydrogen) atoms. The molecule has 3 rings (SSSR count). The summed E-state index contributed by atoms with van der Waals surface area (Å²) in [6.45, 7) is 9.91. The average molecular weight is 437 g/mol. The van der Waals surface area contributed by atoms with E-state index in [1.54, 1.807) is 0 Å². The average Bonchev–Trinajstić information content (AvgIpc) is 3.33. The van der Waals surface area contributed by atoms with Gasteiger partial charge in [-0.05, 0) is 26.2 Å². The van der Waals surface area contributed by atoms with Crippen LogP contribution in [0.25, 0.3) is 0 Å². The molecule has 1 aromatic heterocycles. The first-order chi connectivity index (χ1) is 14.5. The van der Waals surface area contributed by atoms with E-state index in [0.29, 0.717) is 11.8 Å². The number of carbonyl (C=O) groups is 2. The first-order valence-corrected chi connectivity index (χ1v) is 11.5. The molecular formula is C23H37FN4O3. The summed E-state index contributed by atoms with van der Waals surface area (Å²) >= 11 is 0. The van der Waals surface area contributed by atoms with Crippen LogP contribution >= 0.6 is 0 Å². The predicted octanol–water partition coefficient (Wildman–Crippen LogP) is 3.83. The molecule has 1 N–H and O–H groups in total. The lowest BCUT2D eigenvalue weighted by molar-refractivity contribution is -0.131. The zero-order valence-electron chi connectivity index (χ0n) is 19.5. The van der Waals surface area contributed by atoms with Crippen LogP contribution in [0.1, 0.15) is 96.1 Å². The number of nitrogens with one attached hydrogen (secondary N) is 1. The van der Waals surface area contributed by atoms with E-state index < -0.39 is 23.4 Å². The number of likely N-dealkylation sites (tertiary alicyclic amines) is 1. The van der Waals surface area contributed by atoms with Crippen LogP contribution in [0.15, 0.2) is 4.52 Å². The predicted molar refractivity (Wildman–Crippen MR) is 116 cm³/mol. The Morgan fingerprint density at radius 1 is 1.16 bits per heavy atom. The Morgan fingerprint density at radius 2 is 1.84 bits per heavy atom. The maximum atomic E-state index is 14.2. The highest BCUT2D eigenvalue weighted by molar-refractivity contribution is 5.99. The number of alkyl halides is 1. The Bertz CT molecular complexity index is 780. The second kappa shape index (κ2) is 9.35. The first-order valence-electron chi connectivity index (χ1n) is 11.5. The second-order valence-corrected chi connectivity index (χ2v) is 10.9. The van der Waals surface area contributed by atoms with Gasteiger partial charge in [0.05, 0.1) is 13.1 Å². The summed E-state index contributed by atoms with van der Waals surface area (Å²) in [4.78, 5) is 31.4. The summed E-state index contributed by atoms with van der Waals surface area (Å²) in [7, 11) is 0. The molecule has 174 valence electrons. The van der Waals surface area contributed by atoms with Crippen molar-refractivity contribution in [2.45, 2.75) is 103 Å². The Labute approximate surface area is 184 Å². The summed E-state index contributed by atoms with van der Waals surface area (Å²) < 4.78 is 19.4. The molecule has 1 saturated heterocycles. The summed E-state index contributed by atoms with van der Waals surface area (Å²) in [6.07, 6.45) is 6.10. The Balaban J connectivity index is 1.61. The van der Waals surface area contributed by atoms with Crippen molar-refractivity contribution in [2.75, 3.05) is 13.1 Å². The first kappa shape index (κ1) is 23.8. The minimum Gasteiger partial charge on any atom is -0.338 e. The molecule has 1 aromatic rings. The van der Waals surface area contributed by atoms with Crippen molar-refractivity contribution >= 4 is 11.7 Å². The molecule has 2 heterocycles. The smallest absolute Gasteiger partial charge is 0.240 e. The summed E-state index contributed by atoms with van der Waals surface area (Å²) in [5.74, 6) is 0.198. The van der Waals surface area contributed by atoms with Gasteiger partial charge in [0.25, 0.3) is 0 Å². The van der Waals surface area contributed by atoms with Gasteiger partial charge in [0, 0.05) is 17.4 Å². The monoisotopic (exact) mass is 436 g/mol. The largest absolute Gasteiger partial charge is 0.338 e. The van der Waals surface area contributed by atoms with E-state index >= 15 is 0 Å². The number of amides is 1. The zero-order valence-corrected chi connectivity index (χ0v) is 19.5. The number of rotatable bonds is 7. The van der Waals surface area contributed by atoms with Crippen molar-refractivity contribution in [1.82, 2.24) is 20.4 Å². The van der Waals surface area contributed by atoms with E-state index in [2.05, 4.69) is 29.3 Å². The fourth-order valence-electron chi connectivity index (χ4n) is 4.69. The summed E-state index contributed by atoms with van der Waals surface area (Å²) in [5.41, 5.74) is -0.589. The fraction of sp³-hybridized carbons (Fsp3) is 0.826. The molecule has 0 spiro atoms. The van der Waals surface area contributed by atoms with Gasteiger partial charge in [-0.2, -0.15) is 4.98 Å². The van der Waals surface area contributed by atoms with Gasteiger partial charge in [-0.15, -0.1) is 0 Å². The van der Waals surface area contributed by atoms with E-state index in [4.69, 9.17) is 4.52 Å². The van der Waals surface area contributed by atoms with Gasteiger partial charge in [0.1, 0.15) is 12.2 Å². The van der Waals surface area contributed by atoms with Gasteiger partial charge in [-0.3, -0.25) is 9.59 Å². The molecule has 1 amide bonds. The maximum Gasteiger partial charge on any atom is 0.240 e. The Kier molecular flexibility index (Phi) is 7.18. The van der Waals surface area contributed by atoms with Crippen molar-refractivity contribution in [3.8, 4) is 0 Å². The second-order valence-electron chi connectivity index (χ2n) is 10.9. The van der Waals surface area contributed by atoms with Crippen molar-refractivity contribution in [3.63, 3.8) is 0 Å². The minimum atomic E-state index is -1.23. The van der Waals surface area contributed by atoms with Crippen molar-refractivity contribution in [3.05, 3.63) is 11.7 Å². The molecule has 0 bridgehead atoms. The number of nitrogens with zero attached hydrogens (tertiary/aromatic N) is 3. The van der Waals surface area contributed by atoms with Crippen molar-refractivity contribution in [2.24, 2.45) is 5.92 Å². The normalized spacial score (nSPS) is 23.4. The summed E-state index contributed by atoms with van der Waals surface area (Å²) in [5, 5.41) is 7.13. The van der Waals surface area contributed by atoms with Crippen LogP contribution in [-0.2, 0) is 10.2 Å². The number of hydrogen-bond donors (Lipinski definition) is 1. The van der Waals surface area contributed by atoms with Crippen LogP contribution in [0.3, 0.4) is 0 Å². The highest BCUT2D eigenvalue weighted by atomic mass is 19.1. The molecular weight excluding hydrogens is 399 g/mol. The zero-order chi connectivity index (χ0) is 22.8. The van der Waals surface area contributed by atoms with Crippen molar-refractivity contribution < 1.29 is 18.5 Å². The van der Waals surface area contributed by atoms with Crippen LogP contribution in [0.2, 0.25) is 0 Å². The van der Waals surface area contributed by atoms with Gasteiger partial charge in [-0.25, -0.2) is 4.39 Å². The topological polar surface area (TPSA) is 88.3 Å². The number of carbonyl (C=O) groups excluding carboxylic acids is 2. The third-order valence-electron chi connectivity index (χ3n) is 6.40. The van der Waals surface area contributed by atoms with Crippen LogP contribution in [-0.4, -0.2) is 57.6 Å². The molecule has 2 atom stereocenters. The number of halogens is 1. The molecule has 1 aliphatic heterocycles. The minimum absolute atomic E-state index is 0.0323. The maximum absolute atomic E-state index is 14.2. The van der Waals surface area contributed by atoms with Crippen LogP contribution in [0.4, 0.5) is 4.39 Å². The molecule has 0 aromatic carbocycles. The van der Waals surface area contributed by atoms with E-state index in [1.807, 2.05) is 20.8 Å². The molecule has 8 heteroatoms. The Morgan fingerprint density at radius 3 is 2.45 bits per heavy atom. The van der Waals surface area contributed by atoms with Gasteiger partial charge < -0.3 is 14.7 Å². The van der Waals surface area contributed by atoms with Crippen LogP contribution in [0.5, 0.6) is 0 Å². The van der Waals surface area contributed by atoms with Gasteiger partial charge >= 0.3 is 0 Å². The number of hydrogen-bond acceptors (Lipinski definition) is 6. The summed E-state index contributed by atoms with van der Waals surface area (Å²) in [6, 6.07) is -0.892. The number of Topliss-reactive ketones (excluding diaryl/α,β-unsaturated/α-hetero) is 1. The lowest BCUT2D eigenvalue weighted by atomic mass is 9.81. The Hall–Kier alpha value is -1.83. The van der Waals surface area contributed by atoms with E-state index in [9.17, 15) is 14.0 Å². The van der Waals surface area contributed by atoms with E-state index in [1.165, 1.54) is 37.0 Å². The van der Waals surface area contributed by atoms with Gasteiger partial charge in [0.2, 0.25) is 23.4 Å². The van der Waals surface area contributed by atoms with E-state index in [0.717, 1.165) is 6.42 Å². The standard InChI is InChI=1S/C23H37FN4O3/c1-22(2,3)21-26-20(27-31-21)19(30)17-11-16(24)14-28(17)18(29)13-25-23(4,5)12-15-9-7-6-8-10-15/h15-17,25H,6-14H2,1-5H3/t16-,17?/m0/s1.